The minimum atomic E-state index is -3.30. The Bertz CT molecular complexity index is 353. The molecule has 0 bridgehead atoms. The summed E-state index contributed by atoms with van der Waals surface area (Å²) in [5, 5.41) is 3.22. The molecular weight excluding hydrogens is 254 g/mol. The Labute approximate surface area is 109 Å². The molecule has 1 unspecified atom stereocenters. The first-order chi connectivity index (χ1) is 8.64. The van der Waals surface area contributed by atoms with Crippen LogP contribution < -0.4 is 5.32 Å². The standard InChI is InChI=1S/C11H23N3O3S/c1-17-11-4-2-7-14(10-11)18(15,16)13-8-3-5-12-6-9-13/h11-12H,2-10H2,1H3. The van der Waals surface area contributed by atoms with Gasteiger partial charge in [0.1, 0.15) is 0 Å². The number of hydrogen-bond acceptors (Lipinski definition) is 4. The van der Waals surface area contributed by atoms with Crippen LogP contribution in [0.5, 0.6) is 0 Å². The van der Waals surface area contributed by atoms with Crippen molar-refractivity contribution in [2.75, 3.05) is 46.4 Å². The van der Waals surface area contributed by atoms with E-state index in [4.69, 9.17) is 4.74 Å². The molecular formula is C11H23N3O3S. The van der Waals surface area contributed by atoms with Crippen molar-refractivity contribution in [3.63, 3.8) is 0 Å². The highest BCUT2D eigenvalue weighted by Gasteiger charge is 2.33. The first-order valence-corrected chi connectivity index (χ1v) is 8.03. The Morgan fingerprint density at radius 1 is 1.11 bits per heavy atom. The van der Waals surface area contributed by atoms with E-state index in [9.17, 15) is 8.42 Å². The Morgan fingerprint density at radius 3 is 2.67 bits per heavy atom. The van der Waals surface area contributed by atoms with Gasteiger partial charge in [-0.05, 0) is 25.8 Å². The van der Waals surface area contributed by atoms with E-state index in [0.29, 0.717) is 26.2 Å². The highest BCUT2D eigenvalue weighted by Crippen LogP contribution is 2.19. The normalized spacial score (nSPS) is 29.1. The van der Waals surface area contributed by atoms with Gasteiger partial charge >= 0.3 is 0 Å². The van der Waals surface area contributed by atoms with Crippen molar-refractivity contribution in [1.82, 2.24) is 13.9 Å². The molecule has 18 heavy (non-hydrogen) atoms. The molecule has 0 saturated carbocycles. The van der Waals surface area contributed by atoms with E-state index in [2.05, 4.69) is 5.32 Å². The van der Waals surface area contributed by atoms with Crippen LogP contribution in [0, 0.1) is 0 Å². The lowest BCUT2D eigenvalue weighted by Gasteiger charge is -2.34. The highest BCUT2D eigenvalue weighted by molar-refractivity contribution is 7.86. The van der Waals surface area contributed by atoms with E-state index >= 15 is 0 Å². The Morgan fingerprint density at radius 2 is 1.89 bits per heavy atom. The number of piperidine rings is 1. The number of hydrogen-bond donors (Lipinski definition) is 1. The second-order valence-corrected chi connectivity index (χ2v) is 6.80. The predicted molar refractivity (Wildman–Crippen MR) is 69.6 cm³/mol. The Kier molecular flexibility index (Phi) is 4.97. The van der Waals surface area contributed by atoms with Crippen molar-refractivity contribution in [3.05, 3.63) is 0 Å². The molecule has 0 aromatic rings. The maximum atomic E-state index is 12.5. The minimum Gasteiger partial charge on any atom is -0.380 e. The van der Waals surface area contributed by atoms with Gasteiger partial charge in [0.05, 0.1) is 6.10 Å². The first-order valence-electron chi connectivity index (χ1n) is 6.63. The van der Waals surface area contributed by atoms with Gasteiger partial charge in [-0.1, -0.05) is 0 Å². The topological polar surface area (TPSA) is 61.9 Å². The zero-order valence-electron chi connectivity index (χ0n) is 11.0. The molecule has 7 heteroatoms. The van der Waals surface area contributed by atoms with Gasteiger partial charge in [0.2, 0.25) is 0 Å². The summed E-state index contributed by atoms with van der Waals surface area (Å²) in [5.74, 6) is 0. The molecule has 2 rings (SSSR count). The smallest absolute Gasteiger partial charge is 0.282 e. The molecule has 2 heterocycles. The summed E-state index contributed by atoms with van der Waals surface area (Å²) in [4.78, 5) is 0. The van der Waals surface area contributed by atoms with Crippen LogP contribution in [-0.2, 0) is 14.9 Å². The van der Waals surface area contributed by atoms with Crippen LogP contribution in [0.3, 0.4) is 0 Å². The van der Waals surface area contributed by atoms with Crippen molar-refractivity contribution in [2.45, 2.75) is 25.4 Å². The lowest BCUT2D eigenvalue weighted by Crippen LogP contribution is -2.50. The molecule has 2 saturated heterocycles. The fourth-order valence-corrected chi connectivity index (χ4v) is 4.24. The monoisotopic (exact) mass is 277 g/mol. The fraction of sp³-hybridized carbons (Fsp3) is 1.00. The molecule has 0 aliphatic carbocycles. The summed E-state index contributed by atoms with van der Waals surface area (Å²) in [6, 6.07) is 0. The highest BCUT2D eigenvalue weighted by atomic mass is 32.2. The third-order valence-corrected chi connectivity index (χ3v) is 5.63. The maximum Gasteiger partial charge on any atom is 0.282 e. The average molecular weight is 277 g/mol. The number of nitrogens with zero attached hydrogens (tertiary/aromatic N) is 2. The average Bonchev–Trinajstić information content (AvgIpc) is 2.68. The third kappa shape index (κ3) is 3.21. The molecule has 0 amide bonds. The number of rotatable bonds is 3. The molecule has 2 aliphatic rings. The minimum absolute atomic E-state index is 0.0404. The second kappa shape index (κ2) is 6.29. The van der Waals surface area contributed by atoms with Crippen molar-refractivity contribution in [1.29, 1.82) is 0 Å². The van der Waals surface area contributed by atoms with Crippen LogP contribution in [0.25, 0.3) is 0 Å². The first kappa shape index (κ1) is 14.2. The molecule has 1 N–H and O–H groups in total. The maximum absolute atomic E-state index is 12.5. The Balaban J connectivity index is 2.04. The summed E-state index contributed by atoms with van der Waals surface area (Å²) >= 11 is 0. The number of methoxy groups -OCH3 is 1. The van der Waals surface area contributed by atoms with E-state index in [-0.39, 0.29) is 6.10 Å². The van der Waals surface area contributed by atoms with Gasteiger partial charge in [0, 0.05) is 39.8 Å². The van der Waals surface area contributed by atoms with Gasteiger partial charge in [-0.2, -0.15) is 17.0 Å². The molecule has 106 valence electrons. The van der Waals surface area contributed by atoms with Crippen molar-refractivity contribution in [3.8, 4) is 0 Å². The Hall–Kier alpha value is -0.210. The van der Waals surface area contributed by atoms with E-state index in [0.717, 1.165) is 32.4 Å². The molecule has 6 nitrogen and oxygen atoms in total. The van der Waals surface area contributed by atoms with Crippen LogP contribution in [0.2, 0.25) is 0 Å². The molecule has 0 spiro atoms. The van der Waals surface area contributed by atoms with E-state index in [1.165, 1.54) is 0 Å². The quantitative estimate of drug-likeness (QED) is 0.765. The molecule has 0 radical (unpaired) electrons. The molecule has 0 aromatic carbocycles. The van der Waals surface area contributed by atoms with Crippen molar-refractivity contribution in [2.24, 2.45) is 0 Å². The molecule has 1 atom stereocenters. The molecule has 2 fully saturated rings. The van der Waals surface area contributed by atoms with E-state index < -0.39 is 10.2 Å². The zero-order valence-corrected chi connectivity index (χ0v) is 11.8. The third-order valence-electron chi connectivity index (χ3n) is 3.63. The van der Waals surface area contributed by atoms with Crippen molar-refractivity contribution < 1.29 is 13.2 Å². The van der Waals surface area contributed by atoms with E-state index in [1.807, 2.05) is 0 Å². The predicted octanol–water partition coefficient (Wildman–Crippen LogP) is -0.363. The van der Waals surface area contributed by atoms with Crippen LogP contribution in [-0.4, -0.2) is 69.5 Å². The van der Waals surface area contributed by atoms with Crippen LogP contribution in [0.1, 0.15) is 19.3 Å². The van der Waals surface area contributed by atoms with Gasteiger partial charge in [-0.3, -0.25) is 0 Å². The van der Waals surface area contributed by atoms with Gasteiger partial charge in [-0.15, -0.1) is 0 Å². The SMILES string of the molecule is COC1CCCN(S(=O)(=O)N2CCCNCC2)C1. The summed E-state index contributed by atoms with van der Waals surface area (Å²) in [7, 11) is -1.66. The number of nitrogens with one attached hydrogen (secondary N) is 1. The summed E-state index contributed by atoms with van der Waals surface area (Å²) in [6.07, 6.45) is 2.74. The summed E-state index contributed by atoms with van der Waals surface area (Å²) < 4.78 is 33.5. The summed E-state index contributed by atoms with van der Waals surface area (Å²) in [6.45, 7) is 3.92. The van der Waals surface area contributed by atoms with Gasteiger partial charge in [0.15, 0.2) is 0 Å². The second-order valence-electron chi connectivity index (χ2n) is 4.87. The lowest BCUT2D eigenvalue weighted by molar-refractivity contribution is 0.0553. The molecule has 0 aromatic heterocycles. The number of ether oxygens (including phenoxy) is 1. The van der Waals surface area contributed by atoms with Crippen molar-refractivity contribution >= 4 is 10.2 Å². The van der Waals surface area contributed by atoms with E-state index in [1.54, 1.807) is 15.7 Å². The van der Waals surface area contributed by atoms with Gasteiger partial charge in [-0.25, -0.2) is 0 Å². The van der Waals surface area contributed by atoms with Gasteiger partial charge in [0.25, 0.3) is 10.2 Å². The van der Waals surface area contributed by atoms with Crippen LogP contribution in [0.15, 0.2) is 0 Å². The summed E-state index contributed by atoms with van der Waals surface area (Å²) in [5.41, 5.74) is 0. The molecule has 2 aliphatic heterocycles. The fourth-order valence-electron chi connectivity index (χ4n) is 2.52. The van der Waals surface area contributed by atoms with Crippen LogP contribution >= 0.6 is 0 Å². The largest absolute Gasteiger partial charge is 0.380 e. The van der Waals surface area contributed by atoms with Crippen LogP contribution in [0.4, 0.5) is 0 Å². The lowest BCUT2D eigenvalue weighted by atomic mass is 10.1. The van der Waals surface area contributed by atoms with Gasteiger partial charge < -0.3 is 10.1 Å². The zero-order chi connectivity index (χ0) is 13.0.